The number of hydrogen-bond donors (Lipinski definition) is 2. The molecule has 0 aromatic carbocycles. The molecule has 1 aliphatic rings. The van der Waals surface area contributed by atoms with Crippen LogP contribution >= 0.6 is 0 Å². The van der Waals surface area contributed by atoms with Crippen LogP contribution in [-0.2, 0) is 64.4 Å². The van der Waals surface area contributed by atoms with Crippen molar-refractivity contribution >= 4 is 5.78 Å². The molecule has 0 unspecified atom stereocenters. The minimum atomic E-state index is -0.405. The first kappa shape index (κ1) is 118. The van der Waals surface area contributed by atoms with E-state index >= 15 is 0 Å². The van der Waals surface area contributed by atoms with E-state index in [1.165, 1.54) is 28.8 Å². The van der Waals surface area contributed by atoms with Crippen LogP contribution in [0.4, 0.5) is 4.39 Å². The number of pyridine rings is 8. The Labute approximate surface area is 792 Å². The van der Waals surface area contributed by atoms with Gasteiger partial charge in [0.25, 0.3) is 0 Å². The van der Waals surface area contributed by atoms with E-state index < -0.39 is 5.95 Å². The second-order valence-electron chi connectivity index (χ2n) is 43.7. The molecule has 11 aromatic rings. The Kier molecular flexibility index (Phi) is 48.2. The predicted octanol–water partition coefficient (Wildman–Crippen LogP) is 25.6. The first-order chi connectivity index (χ1) is 60.6. The predicted molar refractivity (Wildman–Crippen MR) is 544 cm³/mol. The van der Waals surface area contributed by atoms with Crippen molar-refractivity contribution in [2.75, 3.05) is 28.4 Å². The van der Waals surface area contributed by atoms with Crippen molar-refractivity contribution in [2.24, 2.45) is 5.41 Å². The Morgan fingerprint density at radius 3 is 1.20 bits per heavy atom. The third-order valence-electron chi connectivity index (χ3n) is 19.2. The van der Waals surface area contributed by atoms with Gasteiger partial charge in [0.15, 0.2) is 5.78 Å². The van der Waals surface area contributed by atoms with Crippen molar-refractivity contribution in [2.45, 2.75) is 315 Å². The Morgan fingerprint density at radius 1 is 0.341 bits per heavy atom. The van der Waals surface area contributed by atoms with Gasteiger partial charge in [-0.3, -0.25) is 24.4 Å². The molecule has 11 aromatic heterocycles. The van der Waals surface area contributed by atoms with Crippen molar-refractivity contribution in [1.82, 2.24) is 70.0 Å². The van der Waals surface area contributed by atoms with E-state index in [2.05, 4.69) is 311 Å². The first-order valence-corrected chi connectivity index (χ1v) is 44.8. The maximum absolute atomic E-state index is 12.6. The standard InChI is InChI=1S/4C10H15NO.C10H14O.C9H12FN.2C9H13NO.C9H13N.3C8H12N2/c1-10(2,3)8-7-11-6-5-9(8)12-4;1-10(2,3)8-5-6-9(12-4)11-7-8;1-10(2,3)8-6-5-7-11-9(8)12-4;1-10(2,3)8-6-5-7-9(11-8)12-4;1-10(2,3)8-6-4-5-7-9(8)11;1-9(2,3)7-5-4-6-8(10)11-7;1-9(2,3)7-4-5-8(11)10-6-7;1-9(2,3)7-5-4-6-8(11)10-7;1-9(2,3)8-4-6-10-7-5-8;1-8(2,3)7-4-9-6-10-5-7;1-8(2,3)7-9-5-4-6-10-7;1-8(2,3)7-5-4-6-9-10-7/h4*5-7H,1-4H3;4-6H,7H2,1-3H3;4-6H,1-3H3;2*4-6H,1-3H3,(H,10,11);4-7H,1-3H3;3*4-6H,1-3H3. The van der Waals surface area contributed by atoms with Crippen LogP contribution in [0.5, 0.6) is 23.4 Å². The van der Waals surface area contributed by atoms with E-state index in [4.69, 9.17) is 18.9 Å². The molecule has 21 nitrogen and oxygen atoms in total. The highest BCUT2D eigenvalue weighted by atomic mass is 19.1. The molecule has 0 aliphatic heterocycles. The molecule has 0 saturated heterocycles. The van der Waals surface area contributed by atoms with Crippen LogP contribution < -0.4 is 30.1 Å². The van der Waals surface area contributed by atoms with E-state index in [0.717, 1.165) is 62.5 Å². The molecule has 720 valence electrons. The fourth-order valence-corrected chi connectivity index (χ4v) is 10.9. The summed E-state index contributed by atoms with van der Waals surface area (Å²) in [6.45, 7) is 76.2. The van der Waals surface area contributed by atoms with E-state index in [9.17, 15) is 18.8 Å². The molecule has 132 heavy (non-hydrogen) atoms. The number of carbonyl (C=O) groups excluding carboxylic acids is 1. The van der Waals surface area contributed by atoms with E-state index in [-0.39, 0.29) is 81.9 Å². The van der Waals surface area contributed by atoms with Crippen LogP contribution in [0.1, 0.15) is 318 Å². The smallest absolute Gasteiger partial charge is 0.248 e. The lowest BCUT2D eigenvalue weighted by Crippen LogP contribution is -2.18. The fourth-order valence-electron chi connectivity index (χ4n) is 10.9. The summed E-state index contributed by atoms with van der Waals surface area (Å²) in [4.78, 5) is 78.9. The lowest BCUT2D eigenvalue weighted by molar-refractivity contribution is -0.115. The SMILES string of the molecule is CC(C)(C)C1=CC=CCC1=O.CC(C)(C)c1ccc(=O)[nH]c1.CC(C)(C)c1cccc(=O)[nH]1.CC(C)(C)c1cccc(F)n1.CC(C)(C)c1cccnn1.CC(C)(C)c1ccncc1.CC(C)(C)c1cncnc1.CC(C)(C)c1ncccn1.COc1ccc(C(C)(C)C)cn1.COc1cccc(C(C)(C)C)n1.COc1ccncc1C(C)(C)C.COc1ncccc1C(C)(C)C. The van der Waals surface area contributed by atoms with Crippen LogP contribution in [0.25, 0.3) is 0 Å². The van der Waals surface area contributed by atoms with Gasteiger partial charge in [0.05, 0.1) is 34.1 Å². The van der Waals surface area contributed by atoms with Gasteiger partial charge in [0, 0.05) is 166 Å². The molecule has 0 spiro atoms. The number of aromatic nitrogens is 14. The van der Waals surface area contributed by atoms with Crippen molar-refractivity contribution in [3.8, 4) is 23.4 Å². The van der Waals surface area contributed by atoms with Gasteiger partial charge in [-0.1, -0.05) is 304 Å². The van der Waals surface area contributed by atoms with Crippen molar-refractivity contribution < 1.29 is 28.1 Å². The maximum Gasteiger partial charge on any atom is 0.248 e. The van der Waals surface area contributed by atoms with E-state index in [1.54, 1.807) is 90.1 Å². The largest absolute Gasteiger partial charge is 0.496 e. The highest BCUT2D eigenvalue weighted by Gasteiger charge is 2.26. The first-order valence-electron chi connectivity index (χ1n) is 44.8. The quantitative estimate of drug-likeness (QED) is 0.155. The van der Waals surface area contributed by atoms with Gasteiger partial charge in [-0.15, -0.1) is 0 Å². The van der Waals surface area contributed by atoms with Crippen molar-refractivity contribution in [3.05, 3.63) is 321 Å². The van der Waals surface area contributed by atoms with Crippen LogP contribution in [-0.4, -0.2) is 104 Å². The molecule has 0 atom stereocenters. The number of ether oxygens (including phenoxy) is 4. The molecule has 12 rings (SSSR count). The van der Waals surface area contributed by atoms with Gasteiger partial charge in [0.1, 0.15) is 17.9 Å². The Balaban J connectivity index is 0.000000720. The zero-order valence-corrected chi connectivity index (χ0v) is 87.7. The summed E-state index contributed by atoms with van der Waals surface area (Å²) in [6.07, 6.45) is 29.5. The van der Waals surface area contributed by atoms with Gasteiger partial charge in [-0.05, 0) is 127 Å². The monoisotopic (exact) mass is 1810 g/mol. The molecule has 11 heterocycles. The number of rotatable bonds is 4. The number of nitrogens with zero attached hydrogens (tertiary/aromatic N) is 12. The van der Waals surface area contributed by atoms with Gasteiger partial charge in [0.2, 0.25) is 34.7 Å². The number of hydrogen-bond acceptors (Lipinski definition) is 19. The van der Waals surface area contributed by atoms with Gasteiger partial charge >= 0.3 is 0 Å². The van der Waals surface area contributed by atoms with Crippen molar-refractivity contribution in [3.63, 3.8) is 0 Å². The number of aromatic amines is 2. The molecule has 0 radical (unpaired) electrons. The lowest BCUT2D eigenvalue weighted by atomic mass is 9.81. The zero-order valence-electron chi connectivity index (χ0n) is 87.7. The molecule has 2 N–H and O–H groups in total. The van der Waals surface area contributed by atoms with Gasteiger partial charge in [-0.25, -0.2) is 39.9 Å². The number of Topliss-reactive ketones (excluding diaryl/α,β-unsaturated/α-hetero) is 1. The summed E-state index contributed by atoms with van der Waals surface area (Å²) in [5, 5.41) is 7.80. The third kappa shape index (κ3) is 48.5. The number of nitrogens with one attached hydrogen (secondary N) is 2. The molecule has 0 bridgehead atoms. The summed E-state index contributed by atoms with van der Waals surface area (Å²) in [5.74, 6) is 3.75. The molecule has 0 fully saturated rings. The molecule has 0 amide bonds. The molecule has 1 aliphatic carbocycles. The Bertz CT molecular complexity index is 4990. The normalized spacial score (nSPS) is 12.0. The number of ketones is 1. The number of H-pyrrole nitrogens is 2. The van der Waals surface area contributed by atoms with Crippen LogP contribution in [0.3, 0.4) is 0 Å². The fraction of sp³-hybridized carbons (Fsp3) is 0.482. The number of methoxy groups -OCH3 is 4. The highest BCUT2D eigenvalue weighted by molar-refractivity contribution is 5.98. The van der Waals surface area contributed by atoms with E-state index in [0.29, 0.717) is 18.2 Å². The van der Waals surface area contributed by atoms with E-state index in [1.807, 2.05) is 161 Å². The number of carbonyl (C=O) groups is 1. The molecular formula is C110H161FN14O7. The second kappa shape index (κ2) is 53.7. The summed E-state index contributed by atoms with van der Waals surface area (Å²) in [6, 6.07) is 39.0. The minimum Gasteiger partial charge on any atom is -0.496 e. The maximum atomic E-state index is 12.6. The average molecular weight is 1810 g/mol. The van der Waals surface area contributed by atoms with Crippen LogP contribution in [0.2, 0.25) is 0 Å². The topological polar surface area (TPSA) is 274 Å². The Hall–Kier alpha value is -11.7. The minimum absolute atomic E-state index is 0.00183. The summed E-state index contributed by atoms with van der Waals surface area (Å²) < 4.78 is 33.0. The Morgan fingerprint density at radius 2 is 0.841 bits per heavy atom. The van der Waals surface area contributed by atoms with Crippen LogP contribution in [0.15, 0.2) is 241 Å². The average Bonchev–Trinajstić information content (AvgIpc) is 0.835. The molecule has 22 heteroatoms. The summed E-state index contributed by atoms with van der Waals surface area (Å²) >= 11 is 0. The third-order valence-corrected chi connectivity index (χ3v) is 19.2. The van der Waals surface area contributed by atoms with Gasteiger partial charge in [-0.2, -0.15) is 14.6 Å². The van der Waals surface area contributed by atoms with Crippen LogP contribution in [0, 0.1) is 11.4 Å². The molecule has 0 saturated carbocycles. The number of halogens is 1. The summed E-state index contributed by atoms with van der Waals surface area (Å²) in [5.41, 5.74) is 13.1. The number of allylic oxidation sites excluding steroid dienone is 4. The summed E-state index contributed by atoms with van der Waals surface area (Å²) in [7, 11) is 6.59. The lowest BCUT2D eigenvalue weighted by Gasteiger charge is -2.22. The second-order valence-corrected chi connectivity index (χ2v) is 43.7. The molecular weight excluding hydrogens is 1650 g/mol. The van der Waals surface area contributed by atoms with Gasteiger partial charge < -0.3 is 28.9 Å². The zero-order chi connectivity index (χ0) is 101. The highest BCUT2D eigenvalue weighted by Crippen LogP contribution is 2.33. The van der Waals surface area contributed by atoms with Crippen molar-refractivity contribution in [1.29, 1.82) is 0 Å².